The molecule has 0 spiro atoms. The predicted octanol–water partition coefficient (Wildman–Crippen LogP) is 2.16. The van der Waals surface area contributed by atoms with Crippen molar-refractivity contribution in [1.82, 2.24) is 0 Å². The summed E-state index contributed by atoms with van der Waals surface area (Å²) in [6.45, 7) is 1.93. The molecule has 0 radical (unpaired) electrons. The van der Waals surface area contributed by atoms with Gasteiger partial charge in [-0.2, -0.15) is 0 Å². The molecule has 0 bridgehead atoms. The van der Waals surface area contributed by atoms with Crippen LogP contribution in [-0.2, 0) is 14.3 Å². The topological polar surface area (TPSA) is 68.1 Å². The summed E-state index contributed by atoms with van der Waals surface area (Å²) < 4.78 is 10.1. The molecule has 0 saturated carbocycles. The van der Waals surface area contributed by atoms with E-state index in [4.69, 9.17) is 14.7 Å². The lowest BCUT2D eigenvalue weighted by Crippen LogP contribution is -2.21. The van der Waals surface area contributed by atoms with Crippen molar-refractivity contribution in [2.24, 2.45) is 5.16 Å². The second-order valence-corrected chi connectivity index (χ2v) is 3.61. The van der Waals surface area contributed by atoms with Crippen molar-refractivity contribution in [1.29, 1.82) is 0 Å². The number of oxime groups is 1. The first-order valence-electron chi connectivity index (χ1n) is 5.68. The summed E-state index contributed by atoms with van der Waals surface area (Å²) in [5.41, 5.74) is 0.859. The van der Waals surface area contributed by atoms with Crippen LogP contribution in [0.25, 0.3) is 0 Å². The first-order valence-corrected chi connectivity index (χ1v) is 5.68. The number of carbonyl (C=O) groups excluding carboxylic acids is 1. The number of methoxy groups -OCH3 is 1. The molecule has 0 saturated heterocycles. The van der Waals surface area contributed by atoms with Crippen LogP contribution in [0.3, 0.4) is 0 Å². The molecule has 1 aromatic rings. The largest absolute Gasteiger partial charge is 0.461 e. The number of carbonyl (C=O) groups is 1. The molecule has 1 N–H and O–H groups in total. The van der Waals surface area contributed by atoms with E-state index in [1.807, 2.05) is 30.3 Å². The lowest BCUT2D eigenvalue weighted by molar-refractivity contribution is -0.135. The number of esters is 1. The van der Waals surface area contributed by atoms with Crippen molar-refractivity contribution in [3.8, 4) is 0 Å². The van der Waals surface area contributed by atoms with Crippen LogP contribution >= 0.6 is 0 Å². The number of nitrogens with zero attached hydrogens (tertiary/aromatic N) is 1. The molecule has 1 unspecified atom stereocenters. The second-order valence-electron chi connectivity index (χ2n) is 3.61. The molecule has 5 nitrogen and oxygen atoms in total. The average molecular weight is 251 g/mol. The van der Waals surface area contributed by atoms with Gasteiger partial charge in [-0.25, -0.2) is 4.79 Å². The molecule has 5 heteroatoms. The highest BCUT2D eigenvalue weighted by Gasteiger charge is 2.20. The molecule has 1 rings (SSSR count). The highest BCUT2D eigenvalue weighted by Crippen LogP contribution is 2.20. The molecule has 1 aromatic carbocycles. The molecular weight excluding hydrogens is 234 g/mol. The summed E-state index contributed by atoms with van der Waals surface area (Å²) in [6, 6.07) is 9.41. The van der Waals surface area contributed by atoms with Crippen molar-refractivity contribution in [2.45, 2.75) is 19.4 Å². The molecule has 18 heavy (non-hydrogen) atoms. The van der Waals surface area contributed by atoms with E-state index >= 15 is 0 Å². The van der Waals surface area contributed by atoms with Crippen LogP contribution in [0, 0.1) is 0 Å². The van der Waals surface area contributed by atoms with E-state index in [0.717, 1.165) is 5.56 Å². The van der Waals surface area contributed by atoms with Crippen LogP contribution in [0.4, 0.5) is 0 Å². The van der Waals surface area contributed by atoms with Crippen LogP contribution in [-0.4, -0.2) is 30.6 Å². The van der Waals surface area contributed by atoms with Crippen LogP contribution < -0.4 is 0 Å². The standard InChI is InChI=1S/C13H17NO4/c1-3-18-13(15)11(14-16)9-12(17-2)10-7-5-4-6-8-10/h4-8,12,16H,3,9H2,1-2H3/b14-11-. The van der Waals surface area contributed by atoms with E-state index < -0.39 is 5.97 Å². The highest BCUT2D eigenvalue weighted by atomic mass is 16.5. The zero-order valence-corrected chi connectivity index (χ0v) is 10.5. The summed E-state index contributed by atoms with van der Waals surface area (Å²) in [7, 11) is 1.54. The van der Waals surface area contributed by atoms with Crippen molar-refractivity contribution >= 4 is 11.7 Å². The van der Waals surface area contributed by atoms with Gasteiger partial charge in [-0.3, -0.25) is 0 Å². The summed E-state index contributed by atoms with van der Waals surface area (Å²) in [6.07, 6.45) is -0.183. The van der Waals surface area contributed by atoms with E-state index in [9.17, 15) is 4.79 Å². The molecular formula is C13H17NO4. The molecule has 1 atom stereocenters. The minimum absolute atomic E-state index is 0.0486. The van der Waals surface area contributed by atoms with E-state index in [1.54, 1.807) is 6.92 Å². The number of rotatable bonds is 6. The molecule has 0 aliphatic rings. The van der Waals surface area contributed by atoms with Gasteiger partial charge in [-0.1, -0.05) is 35.5 Å². The normalized spacial score (nSPS) is 13.1. The third kappa shape index (κ3) is 3.85. The lowest BCUT2D eigenvalue weighted by Gasteiger charge is -2.15. The van der Waals surface area contributed by atoms with E-state index in [2.05, 4.69) is 5.16 Å². The Balaban J connectivity index is 2.76. The van der Waals surface area contributed by atoms with Gasteiger partial charge in [0.15, 0.2) is 5.71 Å². The van der Waals surface area contributed by atoms with E-state index in [-0.39, 0.29) is 24.8 Å². The first-order chi connectivity index (χ1) is 8.72. The average Bonchev–Trinajstić information content (AvgIpc) is 2.41. The van der Waals surface area contributed by atoms with Crippen molar-refractivity contribution in [2.75, 3.05) is 13.7 Å². The van der Waals surface area contributed by atoms with Gasteiger partial charge in [0, 0.05) is 13.5 Å². The predicted molar refractivity (Wildman–Crippen MR) is 66.7 cm³/mol. The fourth-order valence-corrected chi connectivity index (χ4v) is 1.56. The van der Waals surface area contributed by atoms with Gasteiger partial charge in [0.05, 0.1) is 12.7 Å². The second kappa shape index (κ2) is 7.45. The van der Waals surface area contributed by atoms with Crippen molar-refractivity contribution in [3.05, 3.63) is 35.9 Å². The van der Waals surface area contributed by atoms with Gasteiger partial charge in [0.25, 0.3) is 0 Å². The van der Waals surface area contributed by atoms with Gasteiger partial charge in [0.1, 0.15) is 0 Å². The SMILES string of the molecule is CCOC(=O)/C(CC(OC)c1ccccc1)=N\O. The van der Waals surface area contributed by atoms with Crippen LogP contribution in [0.2, 0.25) is 0 Å². The van der Waals surface area contributed by atoms with Gasteiger partial charge >= 0.3 is 5.97 Å². The number of hydrogen-bond acceptors (Lipinski definition) is 5. The van der Waals surface area contributed by atoms with Gasteiger partial charge < -0.3 is 14.7 Å². The molecule has 0 amide bonds. The van der Waals surface area contributed by atoms with Crippen LogP contribution in [0.1, 0.15) is 25.0 Å². The summed E-state index contributed by atoms with van der Waals surface area (Å²) in [5.74, 6) is -0.627. The Morgan fingerprint density at radius 3 is 2.56 bits per heavy atom. The number of ether oxygens (including phenoxy) is 2. The quantitative estimate of drug-likeness (QED) is 0.364. The third-order valence-corrected chi connectivity index (χ3v) is 2.47. The fraction of sp³-hybridized carbons (Fsp3) is 0.385. The minimum atomic E-state index is -0.627. The zero-order chi connectivity index (χ0) is 13.4. The molecule has 0 fully saturated rings. The highest BCUT2D eigenvalue weighted by molar-refractivity contribution is 6.36. The number of benzene rings is 1. The van der Waals surface area contributed by atoms with Gasteiger partial charge in [0.2, 0.25) is 0 Å². The zero-order valence-electron chi connectivity index (χ0n) is 10.5. The maximum Gasteiger partial charge on any atom is 0.356 e. The summed E-state index contributed by atoms with van der Waals surface area (Å²) in [5, 5.41) is 11.8. The minimum Gasteiger partial charge on any atom is -0.461 e. The first kappa shape index (κ1) is 14.2. The monoisotopic (exact) mass is 251 g/mol. The van der Waals surface area contributed by atoms with Crippen LogP contribution in [0.15, 0.2) is 35.5 Å². The van der Waals surface area contributed by atoms with Crippen molar-refractivity contribution < 1.29 is 19.5 Å². The Labute approximate surface area is 106 Å². The van der Waals surface area contributed by atoms with Gasteiger partial charge in [-0.15, -0.1) is 0 Å². The van der Waals surface area contributed by atoms with Crippen molar-refractivity contribution in [3.63, 3.8) is 0 Å². The number of hydrogen-bond donors (Lipinski definition) is 1. The molecule has 98 valence electrons. The Kier molecular flexibility index (Phi) is 5.87. The van der Waals surface area contributed by atoms with E-state index in [0.29, 0.717) is 0 Å². The summed E-state index contributed by atoms with van der Waals surface area (Å²) in [4.78, 5) is 11.5. The lowest BCUT2D eigenvalue weighted by atomic mass is 10.0. The summed E-state index contributed by atoms with van der Waals surface area (Å²) >= 11 is 0. The molecule has 0 aliphatic heterocycles. The Morgan fingerprint density at radius 1 is 1.39 bits per heavy atom. The molecule has 0 aliphatic carbocycles. The Morgan fingerprint density at radius 2 is 2.06 bits per heavy atom. The van der Waals surface area contributed by atoms with E-state index in [1.165, 1.54) is 7.11 Å². The molecule has 0 heterocycles. The smallest absolute Gasteiger partial charge is 0.356 e. The van der Waals surface area contributed by atoms with Crippen LogP contribution in [0.5, 0.6) is 0 Å². The maximum absolute atomic E-state index is 11.5. The maximum atomic E-state index is 11.5. The fourth-order valence-electron chi connectivity index (χ4n) is 1.56. The Hall–Kier alpha value is -1.88. The third-order valence-electron chi connectivity index (χ3n) is 2.47. The van der Waals surface area contributed by atoms with Gasteiger partial charge in [-0.05, 0) is 12.5 Å². The Bertz CT molecular complexity index is 403. The molecule has 0 aromatic heterocycles.